The SMILES string of the molecule is CC(C)(C)[Si](C)(C)O[C@@H]1C[C@H](c2ccccc2)OC2=C1CCCCC2. The number of rotatable bonds is 3. The van der Waals surface area contributed by atoms with E-state index in [0.717, 1.165) is 19.3 Å². The molecule has 0 bridgehead atoms. The van der Waals surface area contributed by atoms with Gasteiger partial charge in [-0.15, -0.1) is 0 Å². The summed E-state index contributed by atoms with van der Waals surface area (Å²) in [6, 6.07) is 10.7. The highest BCUT2D eigenvalue weighted by atomic mass is 28.4. The van der Waals surface area contributed by atoms with Crippen LogP contribution in [0.4, 0.5) is 0 Å². The molecule has 0 fully saturated rings. The lowest BCUT2D eigenvalue weighted by Crippen LogP contribution is -2.45. The Morgan fingerprint density at radius 1 is 1.00 bits per heavy atom. The maximum atomic E-state index is 6.92. The van der Waals surface area contributed by atoms with Crippen molar-refractivity contribution in [2.45, 2.75) is 89.6 Å². The average Bonchev–Trinajstić information content (AvgIpc) is 2.80. The smallest absolute Gasteiger partial charge is 0.192 e. The van der Waals surface area contributed by atoms with Crippen LogP contribution in [-0.4, -0.2) is 14.4 Å². The molecule has 25 heavy (non-hydrogen) atoms. The zero-order valence-electron chi connectivity index (χ0n) is 16.6. The van der Waals surface area contributed by atoms with E-state index in [0.29, 0.717) is 0 Å². The maximum Gasteiger partial charge on any atom is 0.192 e. The summed E-state index contributed by atoms with van der Waals surface area (Å²) < 4.78 is 13.4. The molecule has 2 nitrogen and oxygen atoms in total. The van der Waals surface area contributed by atoms with E-state index < -0.39 is 8.32 Å². The largest absolute Gasteiger partial charge is 0.490 e. The molecule has 1 aliphatic heterocycles. The Kier molecular flexibility index (Phi) is 5.45. The molecule has 0 N–H and O–H groups in total. The van der Waals surface area contributed by atoms with Gasteiger partial charge in [0.1, 0.15) is 6.10 Å². The third-order valence-electron chi connectivity index (χ3n) is 6.22. The molecule has 0 unspecified atom stereocenters. The van der Waals surface area contributed by atoms with Crippen molar-refractivity contribution in [2.24, 2.45) is 0 Å². The lowest BCUT2D eigenvalue weighted by atomic mass is 9.92. The minimum Gasteiger partial charge on any atom is -0.490 e. The van der Waals surface area contributed by atoms with Crippen LogP contribution in [0.15, 0.2) is 41.7 Å². The van der Waals surface area contributed by atoms with Crippen molar-refractivity contribution in [1.82, 2.24) is 0 Å². The number of hydrogen-bond acceptors (Lipinski definition) is 2. The van der Waals surface area contributed by atoms with Gasteiger partial charge in [-0.25, -0.2) is 0 Å². The Morgan fingerprint density at radius 2 is 1.68 bits per heavy atom. The van der Waals surface area contributed by atoms with Gasteiger partial charge >= 0.3 is 0 Å². The van der Waals surface area contributed by atoms with Crippen LogP contribution in [0.5, 0.6) is 0 Å². The number of ether oxygens (including phenoxy) is 1. The molecule has 0 radical (unpaired) electrons. The Hall–Kier alpha value is -1.06. The summed E-state index contributed by atoms with van der Waals surface area (Å²) in [6.45, 7) is 11.7. The van der Waals surface area contributed by atoms with E-state index >= 15 is 0 Å². The summed E-state index contributed by atoms with van der Waals surface area (Å²) in [5.74, 6) is 1.24. The van der Waals surface area contributed by atoms with E-state index in [9.17, 15) is 0 Å². The Morgan fingerprint density at radius 3 is 2.36 bits per heavy atom. The van der Waals surface area contributed by atoms with Crippen molar-refractivity contribution in [3.63, 3.8) is 0 Å². The third kappa shape index (κ3) is 4.20. The van der Waals surface area contributed by atoms with Crippen molar-refractivity contribution in [2.75, 3.05) is 0 Å². The molecule has 1 aliphatic carbocycles. The predicted molar refractivity (Wildman–Crippen MR) is 107 cm³/mol. The fraction of sp³-hybridized carbons (Fsp3) is 0.636. The second-order valence-electron chi connectivity index (χ2n) is 9.13. The van der Waals surface area contributed by atoms with Gasteiger partial charge in [-0.1, -0.05) is 57.5 Å². The van der Waals surface area contributed by atoms with E-state index in [4.69, 9.17) is 9.16 Å². The minimum absolute atomic E-state index is 0.132. The normalized spacial score (nSPS) is 25.2. The first-order chi connectivity index (χ1) is 11.8. The van der Waals surface area contributed by atoms with Crippen LogP contribution < -0.4 is 0 Å². The van der Waals surface area contributed by atoms with Gasteiger partial charge in [-0.2, -0.15) is 0 Å². The lowest BCUT2D eigenvalue weighted by molar-refractivity contribution is 0.0333. The quantitative estimate of drug-likeness (QED) is 0.556. The molecule has 2 atom stereocenters. The van der Waals surface area contributed by atoms with Crippen molar-refractivity contribution in [3.8, 4) is 0 Å². The Balaban J connectivity index is 1.90. The molecule has 2 aliphatic rings. The van der Waals surface area contributed by atoms with E-state index in [-0.39, 0.29) is 17.2 Å². The van der Waals surface area contributed by atoms with Crippen molar-refractivity contribution < 1.29 is 9.16 Å². The van der Waals surface area contributed by atoms with Crippen LogP contribution in [0.25, 0.3) is 0 Å². The van der Waals surface area contributed by atoms with Crippen LogP contribution in [0, 0.1) is 0 Å². The summed E-state index contributed by atoms with van der Waals surface area (Å²) in [7, 11) is -1.81. The monoisotopic (exact) mass is 358 g/mol. The number of benzene rings is 1. The molecule has 0 saturated heterocycles. The summed E-state index contributed by atoms with van der Waals surface area (Å²) in [6.07, 6.45) is 7.37. The molecule has 3 rings (SSSR count). The molecular weight excluding hydrogens is 324 g/mol. The van der Waals surface area contributed by atoms with E-state index in [1.165, 1.54) is 36.2 Å². The molecular formula is C22H34O2Si. The number of allylic oxidation sites excluding steroid dienone is 1. The minimum atomic E-state index is -1.81. The molecule has 0 saturated carbocycles. The van der Waals surface area contributed by atoms with Crippen molar-refractivity contribution in [1.29, 1.82) is 0 Å². The second-order valence-corrected chi connectivity index (χ2v) is 13.9. The van der Waals surface area contributed by atoms with Gasteiger partial charge < -0.3 is 9.16 Å². The first kappa shape index (κ1) is 18.7. The van der Waals surface area contributed by atoms with E-state index in [1.54, 1.807) is 0 Å². The van der Waals surface area contributed by atoms with Gasteiger partial charge in [0.25, 0.3) is 0 Å². The summed E-state index contributed by atoms with van der Waals surface area (Å²) in [4.78, 5) is 0. The average molecular weight is 359 g/mol. The number of hydrogen-bond donors (Lipinski definition) is 0. The van der Waals surface area contributed by atoms with Gasteiger partial charge in [0.15, 0.2) is 8.32 Å². The third-order valence-corrected chi connectivity index (χ3v) is 10.7. The topological polar surface area (TPSA) is 18.5 Å². The van der Waals surface area contributed by atoms with Gasteiger partial charge in [0, 0.05) is 12.8 Å². The summed E-state index contributed by atoms with van der Waals surface area (Å²) in [5, 5.41) is 0.235. The van der Waals surface area contributed by atoms with Crippen LogP contribution in [0.3, 0.4) is 0 Å². The molecule has 1 heterocycles. The highest BCUT2D eigenvalue weighted by Crippen LogP contribution is 2.45. The summed E-state index contributed by atoms with van der Waals surface area (Å²) >= 11 is 0. The predicted octanol–water partition coefficient (Wildman–Crippen LogP) is 6.76. The highest BCUT2D eigenvalue weighted by molar-refractivity contribution is 6.74. The molecule has 138 valence electrons. The molecule has 0 amide bonds. The maximum absolute atomic E-state index is 6.92. The van der Waals surface area contributed by atoms with Crippen LogP contribution >= 0.6 is 0 Å². The first-order valence-electron chi connectivity index (χ1n) is 9.89. The zero-order valence-corrected chi connectivity index (χ0v) is 17.6. The van der Waals surface area contributed by atoms with E-state index in [2.05, 4.69) is 64.2 Å². The highest BCUT2D eigenvalue weighted by Gasteiger charge is 2.42. The van der Waals surface area contributed by atoms with Gasteiger partial charge in [0.05, 0.1) is 11.9 Å². The Bertz CT molecular complexity index is 613. The molecule has 0 spiro atoms. The fourth-order valence-corrected chi connectivity index (χ4v) is 4.94. The van der Waals surface area contributed by atoms with Crippen molar-refractivity contribution in [3.05, 3.63) is 47.2 Å². The summed E-state index contributed by atoms with van der Waals surface area (Å²) in [5.41, 5.74) is 2.75. The standard InChI is InChI=1S/C22H34O2Si/c1-22(2,3)25(4,5)24-21-16-20(17-12-8-6-9-13-17)23-19-15-11-7-10-14-18(19)21/h6,8-9,12-13,20-21H,7,10-11,14-16H2,1-5H3/t20-,21-/m1/s1. The van der Waals surface area contributed by atoms with Gasteiger partial charge in [0.2, 0.25) is 0 Å². The molecule has 1 aromatic rings. The van der Waals surface area contributed by atoms with Crippen LogP contribution in [0.1, 0.15) is 71.0 Å². The van der Waals surface area contributed by atoms with Crippen LogP contribution in [0.2, 0.25) is 18.1 Å². The Labute approximate surface area is 154 Å². The lowest BCUT2D eigenvalue weighted by Gasteiger charge is -2.43. The molecule has 0 aromatic heterocycles. The fourth-order valence-electron chi connectivity index (χ4n) is 3.63. The van der Waals surface area contributed by atoms with Gasteiger partial charge in [-0.05, 0) is 48.5 Å². The molecule has 1 aromatic carbocycles. The second kappa shape index (κ2) is 7.28. The van der Waals surface area contributed by atoms with E-state index in [1.807, 2.05) is 0 Å². The van der Waals surface area contributed by atoms with Gasteiger partial charge in [-0.3, -0.25) is 0 Å². The van der Waals surface area contributed by atoms with Crippen LogP contribution in [-0.2, 0) is 9.16 Å². The zero-order chi connectivity index (χ0) is 18.1. The van der Waals surface area contributed by atoms with Crippen molar-refractivity contribution >= 4 is 8.32 Å². The first-order valence-corrected chi connectivity index (χ1v) is 12.8. The molecule has 3 heteroatoms.